The summed E-state index contributed by atoms with van der Waals surface area (Å²) in [4.78, 5) is 34.5. The topological polar surface area (TPSA) is 117 Å². The maximum absolute atomic E-state index is 11.8. The highest BCUT2D eigenvalue weighted by molar-refractivity contribution is 7.99. The third kappa shape index (κ3) is 3.60. The van der Waals surface area contributed by atoms with Crippen LogP contribution < -0.4 is 5.56 Å². The molecule has 0 fully saturated rings. The summed E-state index contributed by atoms with van der Waals surface area (Å²) in [5.41, 5.74) is -0.546. The van der Waals surface area contributed by atoms with Crippen molar-refractivity contribution in [3.63, 3.8) is 0 Å². The number of hydrogen-bond acceptors (Lipinski definition) is 9. The van der Waals surface area contributed by atoms with Gasteiger partial charge < -0.3 is 13.7 Å². The van der Waals surface area contributed by atoms with E-state index in [2.05, 4.69) is 14.9 Å². The van der Waals surface area contributed by atoms with E-state index in [1.165, 1.54) is 6.07 Å². The molecule has 0 aliphatic carbocycles. The van der Waals surface area contributed by atoms with Gasteiger partial charge in [0.05, 0.1) is 12.4 Å². The molecule has 2 aromatic heterocycles. The van der Waals surface area contributed by atoms with E-state index in [0.29, 0.717) is 10.5 Å². The Morgan fingerprint density at radius 1 is 1.43 bits per heavy atom. The van der Waals surface area contributed by atoms with Crippen molar-refractivity contribution in [3.05, 3.63) is 28.1 Å². The van der Waals surface area contributed by atoms with Gasteiger partial charge in [0, 0.05) is 6.07 Å². The Bertz CT molecular complexity index is 716. The van der Waals surface area contributed by atoms with Crippen molar-refractivity contribution >= 4 is 23.6 Å². The second-order valence-electron chi connectivity index (χ2n) is 3.75. The number of esters is 1. The van der Waals surface area contributed by atoms with Gasteiger partial charge in [-0.1, -0.05) is 16.9 Å². The number of hydrogen-bond donors (Lipinski definition) is 0. The lowest BCUT2D eigenvalue weighted by Gasteiger charge is -1.96. The predicted octanol–water partition coefficient (Wildman–Crippen LogP) is 0.742. The van der Waals surface area contributed by atoms with Crippen LogP contribution in [0.2, 0.25) is 0 Å². The maximum Gasteiger partial charge on any atom is 0.396 e. The van der Waals surface area contributed by atoms with E-state index in [9.17, 15) is 14.4 Å². The van der Waals surface area contributed by atoms with Gasteiger partial charge in [0.25, 0.3) is 16.7 Å². The molecule has 0 bridgehead atoms. The van der Waals surface area contributed by atoms with Crippen molar-refractivity contribution in [2.24, 2.45) is 0 Å². The molecular weight excluding hydrogens is 302 g/mol. The summed E-state index contributed by atoms with van der Waals surface area (Å²) in [5.74, 6) is -1.43. The van der Waals surface area contributed by atoms with Gasteiger partial charge in [-0.05, 0) is 13.8 Å². The van der Waals surface area contributed by atoms with Gasteiger partial charge in [-0.25, -0.2) is 4.79 Å². The molecular formula is C11H11N3O6S. The van der Waals surface area contributed by atoms with Gasteiger partial charge in [0.1, 0.15) is 5.76 Å². The third-order valence-electron chi connectivity index (χ3n) is 2.16. The van der Waals surface area contributed by atoms with Crippen LogP contribution in [-0.4, -0.2) is 39.2 Å². The molecule has 10 heteroatoms. The first-order chi connectivity index (χ1) is 10.0. The molecule has 2 aromatic rings. The number of carbonyl (C=O) groups is 2. The van der Waals surface area contributed by atoms with E-state index in [4.69, 9.17) is 8.94 Å². The fourth-order valence-corrected chi connectivity index (χ4v) is 1.95. The quantitative estimate of drug-likeness (QED) is 0.581. The molecule has 0 N–H and O–H groups in total. The average Bonchev–Trinajstić information content (AvgIpc) is 3.03. The number of aryl methyl sites for hydroxylation is 1. The highest BCUT2D eigenvalue weighted by atomic mass is 32.2. The van der Waals surface area contributed by atoms with E-state index >= 15 is 0 Å². The fourth-order valence-electron chi connectivity index (χ4n) is 1.35. The van der Waals surface area contributed by atoms with Crippen LogP contribution in [-0.2, 0) is 4.74 Å². The Balaban J connectivity index is 1.97. The minimum absolute atomic E-state index is 0.0164. The minimum Gasteiger partial charge on any atom is -0.459 e. The number of nitrogens with zero attached hydrogens (tertiary/aromatic N) is 3. The van der Waals surface area contributed by atoms with Crippen LogP contribution in [0, 0.1) is 6.92 Å². The van der Waals surface area contributed by atoms with Crippen LogP contribution in [0.1, 0.15) is 28.2 Å². The van der Waals surface area contributed by atoms with Crippen LogP contribution in [0.25, 0.3) is 0 Å². The Labute approximate surface area is 122 Å². The zero-order valence-corrected chi connectivity index (χ0v) is 12.0. The predicted molar refractivity (Wildman–Crippen MR) is 69.3 cm³/mol. The molecule has 9 nitrogen and oxygen atoms in total. The first kappa shape index (κ1) is 15.0. The second kappa shape index (κ2) is 6.39. The minimum atomic E-state index is -0.735. The van der Waals surface area contributed by atoms with Crippen molar-refractivity contribution in [1.82, 2.24) is 14.9 Å². The molecule has 0 radical (unpaired) electrons. The molecule has 0 aliphatic rings. The number of carbonyl (C=O) groups excluding carboxylic acids is 2. The van der Waals surface area contributed by atoms with E-state index in [0.717, 1.165) is 11.8 Å². The largest absolute Gasteiger partial charge is 0.459 e. The normalized spacial score (nSPS) is 10.6. The van der Waals surface area contributed by atoms with Crippen molar-refractivity contribution in [2.45, 2.75) is 19.1 Å². The summed E-state index contributed by atoms with van der Waals surface area (Å²) in [6, 6.07) is 1.20. The highest BCUT2D eigenvalue weighted by Crippen LogP contribution is 2.16. The fraction of sp³-hybridized carbons (Fsp3) is 0.364. The molecule has 0 spiro atoms. The van der Waals surface area contributed by atoms with Gasteiger partial charge in [-0.15, -0.1) is 9.84 Å². The lowest BCUT2D eigenvalue weighted by atomic mass is 10.5. The average molecular weight is 313 g/mol. The summed E-state index contributed by atoms with van der Waals surface area (Å²) in [5, 5.41) is 7.10. The van der Waals surface area contributed by atoms with Gasteiger partial charge in [-0.3, -0.25) is 9.59 Å². The van der Waals surface area contributed by atoms with Gasteiger partial charge in [-0.2, -0.15) is 0 Å². The monoisotopic (exact) mass is 313 g/mol. The van der Waals surface area contributed by atoms with Crippen molar-refractivity contribution in [2.75, 3.05) is 12.4 Å². The van der Waals surface area contributed by atoms with Gasteiger partial charge in [0.15, 0.2) is 0 Å². The van der Waals surface area contributed by atoms with Crippen LogP contribution >= 0.6 is 11.8 Å². The maximum atomic E-state index is 11.8. The first-order valence-electron chi connectivity index (χ1n) is 5.88. The number of rotatable bonds is 5. The van der Waals surface area contributed by atoms with E-state index in [1.807, 2.05) is 0 Å². The van der Waals surface area contributed by atoms with Crippen molar-refractivity contribution < 1.29 is 23.3 Å². The summed E-state index contributed by atoms with van der Waals surface area (Å²) in [7, 11) is 0. The molecule has 0 amide bonds. The summed E-state index contributed by atoms with van der Waals surface area (Å²) >= 11 is 0.880. The summed E-state index contributed by atoms with van der Waals surface area (Å²) < 4.78 is 15.3. The Morgan fingerprint density at radius 2 is 2.19 bits per heavy atom. The van der Waals surface area contributed by atoms with Crippen LogP contribution in [0.4, 0.5) is 0 Å². The highest BCUT2D eigenvalue weighted by Gasteiger charge is 2.18. The molecule has 2 rings (SSSR count). The molecule has 21 heavy (non-hydrogen) atoms. The Kier molecular flexibility index (Phi) is 4.58. The zero-order valence-electron chi connectivity index (χ0n) is 11.2. The van der Waals surface area contributed by atoms with Gasteiger partial charge >= 0.3 is 11.9 Å². The lowest BCUT2D eigenvalue weighted by molar-refractivity contribution is 0.0475. The zero-order chi connectivity index (χ0) is 15.4. The van der Waals surface area contributed by atoms with Crippen LogP contribution in [0.15, 0.2) is 25.0 Å². The second-order valence-corrected chi connectivity index (χ2v) is 4.68. The number of ether oxygens (including phenoxy) is 1. The smallest absolute Gasteiger partial charge is 0.396 e. The number of thioether (sulfide) groups is 1. The van der Waals surface area contributed by atoms with Crippen molar-refractivity contribution in [3.8, 4) is 0 Å². The van der Waals surface area contributed by atoms with E-state index < -0.39 is 17.4 Å². The molecule has 2 heterocycles. The molecule has 0 atom stereocenters. The summed E-state index contributed by atoms with van der Waals surface area (Å²) in [6.07, 6.45) is 0. The standard InChI is InChI=1S/C11H11N3O6S/c1-3-18-10(17)9-12-13-11(19-9)21-5-8(16)14-7(15)4-6(2)20-14/h4H,3,5H2,1-2H3. The first-order valence-corrected chi connectivity index (χ1v) is 6.86. The Morgan fingerprint density at radius 3 is 2.81 bits per heavy atom. The molecule has 0 unspecified atom stereocenters. The number of aromatic nitrogens is 3. The SMILES string of the molecule is CCOC(=O)c1nnc(SCC(=O)n2oc(C)cc2=O)o1. The van der Waals surface area contributed by atoms with E-state index in [1.54, 1.807) is 13.8 Å². The molecule has 0 saturated carbocycles. The molecule has 112 valence electrons. The van der Waals surface area contributed by atoms with E-state index in [-0.39, 0.29) is 23.5 Å². The van der Waals surface area contributed by atoms with Crippen LogP contribution in [0.3, 0.4) is 0 Å². The lowest BCUT2D eigenvalue weighted by Crippen LogP contribution is -2.23. The van der Waals surface area contributed by atoms with Crippen LogP contribution in [0.5, 0.6) is 0 Å². The Hall–Kier alpha value is -2.36. The van der Waals surface area contributed by atoms with Gasteiger partial charge in [0.2, 0.25) is 0 Å². The van der Waals surface area contributed by atoms with Crippen molar-refractivity contribution in [1.29, 1.82) is 0 Å². The third-order valence-corrected chi connectivity index (χ3v) is 2.97. The molecule has 0 aromatic carbocycles. The summed E-state index contributed by atoms with van der Waals surface area (Å²) in [6.45, 7) is 3.39. The molecule has 0 saturated heterocycles. The molecule has 0 aliphatic heterocycles.